The van der Waals surface area contributed by atoms with Crippen molar-refractivity contribution in [1.29, 1.82) is 0 Å². The zero-order valence-electron chi connectivity index (χ0n) is 10.6. The van der Waals surface area contributed by atoms with E-state index >= 15 is 0 Å². The summed E-state index contributed by atoms with van der Waals surface area (Å²) in [7, 11) is -3.13. The highest BCUT2D eigenvalue weighted by atomic mass is 32.2. The average molecular weight is 272 g/mol. The molecule has 2 aromatic carbocycles. The van der Waals surface area contributed by atoms with Gasteiger partial charge in [-0.1, -0.05) is 67.3 Å². The van der Waals surface area contributed by atoms with Gasteiger partial charge < -0.3 is 0 Å². The van der Waals surface area contributed by atoms with Crippen LogP contribution < -0.4 is 0 Å². The Hall–Kier alpha value is -1.87. The molecule has 2 nitrogen and oxygen atoms in total. The summed E-state index contributed by atoms with van der Waals surface area (Å²) < 4.78 is 24.2. The standard InChI is InChI=1S/C16H16O2S/c1-2-14-8-10-16(11-9-14)13-19(17,18)12-15-6-4-3-5-7-15/h2-11H,1,12-13H2. The first-order chi connectivity index (χ1) is 9.09. The summed E-state index contributed by atoms with van der Waals surface area (Å²) in [5.74, 6) is 0.149. The molecule has 3 heteroatoms. The molecule has 0 amide bonds. The lowest BCUT2D eigenvalue weighted by Gasteiger charge is -2.05. The van der Waals surface area contributed by atoms with Crippen molar-refractivity contribution in [2.45, 2.75) is 11.5 Å². The van der Waals surface area contributed by atoms with Crippen LogP contribution in [0.15, 0.2) is 61.2 Å². The summed E-state index contributed by atoms with van der Waals surface area (Å²) >= 11 is 0. The molecule has 0 heterocycles. The lowest BCUT2D eigenvalue weighted by Crippen LogP contribution is -2.07. The fourth-order valence-corrected chi connectivity index (χ4v) is 3.39. The predicted octanol–water partition coefficient (Wildman–Crippen LogP) is 3.44. The van der Waals surface area contributed by atoms with Crippen molar-refractivity contribution >= 4 is 15.9 Å². The van der Waals surface area contributed by atoms with Gasteiger partial charge in [0, 0.05) is 0 Å². The molecule has 0 N–H and O–H groups in total. The maximum Gasteiger partial charge on any atom is 0.158 e. The van der Waals surface area contributed by atoms with Crippen LogP contribution in [0.25, 0.3) is 6.08 Å². The molecule has 0 aliphatic rings. The van der Waals surface area contributed by atoms with Crippen molar-refractivity contribution in [3.8, 4) is 0 Å². The molecule has 2 rings (SSSR count). The molecule has 98 valence electrons. The highest BCUT2D eigenvalue weighted by Crippen LogP contribution is 2.13. The SMILES string of the molecule is C=Cc1ccc(CS(=O)(=O)Cc2ccccc2)cc1. The first-order valence-electron chi connectivity index (χ1n) is 6.05. The maximum atomic E-state index is 12.1. The fourth-order valence-electron chi connectivity index (χ4n) is 1.88. The molecule has 0 aliphatic carbocycles. The molecule has 2 aromatic rings. The molecule has 0 spiro atoms. The van der Waals surface area contributed by atoms with Gasteiger partial charge in [0.2, 0.25) is 0 Å². The Morgan fingerprint density at radius 1 is 0.842 bits per heavy atom. The molecule has 0 unspecified atom stereocenters. The van der Waals surface area contributed by atoms with Gasteiger partial charge in [-0.05, 0) is 16.7 Å². The first kappa shape index (κ1) is 13.6. The summed E-state index contributed by atoms with van der Waals surface area (Å²) in [5, 5.41) is 0. The van der Waals surface area contributed by atoms with Gasteiger partial charge in [-0.3, -0.25) is 0 Å². The van der Waals surface area contributed by atoms with E-state index in [0.29, 0.717) is 0 Å². The van der Waals surface area contributed by atoms with Crippen LogP contribution in [0.5, 0.6) is 0 Å². The van der Waals surface area contributed by atoms with E-state index in [0.717, 1.165) is 16.7 Å². The third-order valence-corrected chi connectivity index (χ3v) is 4.38. The summed E-state index contributed by atoms with van der Waals surface area (Å²) in [6, 6.07) is 16.7. The molecular weight excluding hydrogens is 256 g/mol. The van der Waals surface area contributed by atoms with Gasteiger partial charge in [0.1, 0.15) is 0 Å². The van der Waals surface area contributed by atoms with Crippen LogP contribution in [-0.2, 0) is 21.3 Å². The van der Waals surface area contributed by atoms with Crippen molar-refractivity contribution < 1.29 is 8.42 Å². The highest BCUT2D eigenvalue weighted by Gasteiger charge is 2.12. The Balaban J connectivity index is 2.10. The summed E-state index contributed by atoms with van der Waals surface area (Å²) in [5.41, 5.74) is 2.62. The molecule has 0 saturated carbocycles. The van der Waals surface area contributed by atoms with Gasteiger partial charge in [-0.2, -0.15) is 0 Å². The second-order valence-corrected chi connectivity index (χ2v) is 6.53. The number of hydrogen-bond acceptors (Lipinski definition) is 2. The van der Waals surface area contributed by atoms with Crippen LogP contribution in [-0.4, -0.2) is 8.42 Å². The third-order valence-electron chi connectivity index (χ3n) is 2.83. The monoisotopic (exact) mass is 272 g/mol. The Morgan fingerprint density at radius 3 is 1.89 bits per heavy atom. The van der Waals surface area contributed by atoms with Crippen molar-refractivity contribution in [3.63, 3.8) is 0 Å². The zero-order valence-corrected chi connectivity index (χ0v) is 11.4. The van der Waals surface area contributed by atoms with Crippen molar-refractivity contribution in [3.05, 3.63) is 77.9 Å². The number of benzene rings is 2. The minimum atomic E-state index is -3.13. The third kappa shape index (κ3) is 4.07. The van der Waals surface area contributed by atoms with E-state index in [1.165, 1.54) is 0 Å². The minimum Gasteiger partial charge on any atom is -0.228 e. The smallest absolute Gasteiger partial charge is 0.158 e. The molecular formula is C16H16O2S. The molecule has 0 fully saturated rings. The van der Waals surface area contributed by atoms with Gasteiger partial charge in [0.25, 0.3) is 0 Å². The van der Waals surface area contributed by atoms with Crippen LogP contribution in [0.4, 0.5) is 0 Å². The van der Waals surface area contributed by atoms with Gasteiger partial charge in [0.05, 0.1) is 11.5 Å². The molecule has 0 atom stereocenters. The second-order valence-electron chi connectivity index (χ2n) is 4.46. The van der Waals surface area contributed by atoms with E-state index in [-0.39, 0.29) is 11.5 Å². The van der Waals surface area contributed by atoms with Gasteiger partial charge >= 0.3 is 0 Å². The van der Waals surface area contributed by atoms with Gasteiger partial charge in [0.15, 0.2) is 9.84 Å². The van der Waals surface area contributed by atoms with E-state index in [9.17, 15) is 8.42 Å². The summed E-state index contributed by atoms with van der Waals surface area (Å²) in [4.78, 5) is 0. The van der Waals surface area contributed by atoms with Gasteiger partial charge in [-0.15, -0.1) is 0 Å². The van der Waals surface area contributed by atoms with Crippen molar-refractivity contribution in [2.24, 2.45) is 0 Å². The topological polar surface area (TPSA) is 34.1 Å². The quantitative estimate of drug-likeness (QED) is 0.835. The summed E-state index contributed by atoms with van der Waals surface area (Å²) in [6.45, 7) is 3.67. The van der Waals surface area contributed by atoms with Crippen LogP contribution in [0, 0.1) is 0 Å². The van der Waals surface area contributed by atoms with Crippen LogP contribution in [0.1, 0.15) is 16.7 Å². The number of hydrogen-bond donors (Lipinski definition) is 0. The van der Waals surface area contributed by atoms with Crippen LogP contribution >= 0.6 is 0 Å². The second kappa shape index (κ2) is 5.85. The molecule has 19 heavy (non-hydrogen) atoms. The number of rotatable bonds is 5. The average Bonchev–Trinajstić information content (AvgIpc) is 2.39. The van der Waals surface area contributed by atoms with E-state index in [4.69, 9.17) is 0 Å². The first-order valence-corrected chi connectivity index (χ1v) is 7.87. The Morgan fingerprint density at radius 2 is 1.37 bits per heavy atom. The minimum absolute atomic E-state index is 0.0688. The zero-order chi connectivity index (χ0) is 13.7. The lowest BCUT2D eigenvalue weighted by atomic mass is 10.1. The normalized spacial score (nSPS) is 11.2. The van der Waals surface area contributed by atoms with Crippen LogP contribution in [0.3, 0.4) is 0 Å². The molecule has 0 saturated heterocycles. The molecule has 0 radical (unpaired) electrons. The fraction of sp³-hybridized carbons (Fsp3) is 0.125. The molecule has 0 bridgehead atoms. The highest BCUT2D eigenvalue weighted by molar-refractivity contribution is 7.89. The maximum absolute atomic E-state index is 12.1. The Bertz CT molecular complexity index is 641. The van der Waals surface area contributed by atoms with E-state index < -0.39 is 9.84 Å². The van der Waals surface area contributed by atoms with Crippen molar-refractivity contribution in [2.75, 3.05) is 0 Å². The van der Waals surface area contributed by atoms with E-state index in [1.807, 2.05) is 54.6 Å². The van der Waals surface area contributed by atoms with E-state index in [1.54, 1.807) is 6.08 Å². The largest absolute Gasteiger partial charge is 0.228 e. The Labute approximate surface area is 114 Å². The number of sulfone groups is 1. The molecule has 0 aliphatic heterocycles. The predicted molar refractivity (Wildman–Crippen MR) is 79.3 cm³/mol. The lowest BCUT2D eigenvalue weighted by molar-refractivity contribution is 0.594. The molecule has 0 aromatic heterocycles. The van der Waals surface area contributed by atoms with Crippen LogP contribution in [0.2, 0.25) is 0 Å². The van der Waals surface area contributed by atoms with Crippen molar-refractivity contribution in [1.82, 2.24) is 0 Å². The Kier molecular flexibility index (Phi) is 4.17. The summed E-state index contributed by atoms with van der Waals surface area (Å²) in [6.07, 6.45) is 1.74. The van der Waals surface area contributed by atoms with E-state index in [2.05, 4.69) is 6.58 Å². The van der Waals surface area contributed by atoms with Gasteiger partial charge in [-0.25, -0.2) is 8.42 Å².